The van der Waals surface area contributed by atoms with Crippen LogP contribution >= 0.6 is 0 Å². The van der Waals surface area contributed by atoms with Gasteiger partial charge in [0, 0.05) is 0 Å². The van der Waals surface area contributed by atoms with Crippen LogP contribution in [0, 0.1) is 0 Å². The van der Waals surface area contributed by atoms with Crippen molar-refractivity contribution >= 4 is 7.12 Å². The van der Waals surface area contributed by atoms with Crippen molar-refractivity contribution in [3.63, 3.8) is 0 Å². The Morgan fingerprint density at radius 1 is 0.950 bits per heavy atom. The molecular formula is C17H23BO2. The van der Waals surface area contributed by atoms with Gasteiger partial charge in [0.25, 0.3) is 0 Å². The lowest BCUT2D eigenvalue weighted by Gasteiger charge is -2.32. The van der Waals surface area contributed by atoms with Gasteiger partial charge in [-0.1, -0.05) is 35.8 Å². The van der Waals surface area contributed by atoms with E-state index in [1.807, 2.05) is 0 Å². The third-order valence-electron chi connectivity index (χ3n) is 4.89. The highest BCUT2D eigenvalue weighted by Crippen LogP contribution is 2.37. The van der Waals surface area contributed by atoms with Gasteiger partial charge in [-0.15, -0.1) is 0 Å². The maximum atomic E-state index is 6.06. The molecule has 0 amide bonds. The average Bonchev–Trinajstić information content (AvgIpc) is 2.57. The summed E-state index contributed by atoms with van der Waals surface area (Å²) in [5.74, 6) is 2.19. The quantitative estimate of drug-likeness (QED) is 0.724. The number of allylic oxidation sites excluding steroid dienone is 1. The van der Waals surface area contributed by atoms with Crippen molar-refractivity contribution in [3.05, 3.63) is 46.9 Å². The van der Waals surface area contributed by atoms with E-state index in [9.17, 15) is 0 Å². The van der Waals surface area contributed by atoms with Crippen molar-refractivity contribution in [1.82, 2.24) is 0 Å². The molecule has 0 atom stereocenters. The van der Waals surface area contributed by atoms with E-state index >= 15 is 0 Å². The van der Waals surface area contributed by atoms with Crippen LogP contribution in [0.1, 0.15) is 45.2 Å². The van der Waals surface area contributed by atoms with Gasteiger partial charge in [-0.05, 0) is 58.1 Å². The van der Waals surface area contributed by atoms with Crippen LogP contribution in [0.5, 0.6) is 0 Å². The van der Waals surface area contributed by atoms with Crippen LogP contribution in [0.3, 0.4) is 0 Å². The Morgan fingerprint density at radius 2 is 1.55 bits per heavy atom. The first-order valence-corrected chi connectivity index (χ1v) is 7.49. The standard InChI is InChI=1S/C17H23BO2/c1-16(2)17(3,4)20-18(19-16)12-13-9-10-14-7-5-6-8-15(14)11-13/h5-8,12H,9-11H2,1-4H3. The lowest BCUT2D eigenvalue weighted by molar-refractivity contribution is 0.00578. The molecule has 1 saturated heterocycles. The van der Waals surface area contributed by atoms with Crippen molar-refractivity contribution in [1.29, 1.82) is 0 Å². The van der Waals surface area contributed by atoms with Gasteiger partial charge in [-0.3, -0.25) is 0 Å². The van der Waals surface area contributed by atoms with Crippen molar-refractivity contribution in [2.24, 2.45) is 0 Å². The zero-order chi connectivity index (χ0) is 14.4. The maximum absolute atomic E-state index is 6.06. The van der Waals surface area contributed by atoms with Crippen LogP contribution < -0.4 is 0 Å². The first-order valence-electron chi connectivity index (χ1n) is 7.49. The van der Waals surface area contributed by atoms with Gasteiger partial charge < -0.3 is 9.31 Å². The zero-order valence-corrected chi connectivity index (χ0v) is 12.9. The number of benzene rings is 1. The van der Waals surface area contributed by atoms with E-state index in [0.29, 0.717) is 0 Å². The summed E-state index contributed by atoms with van der Waals surface area (Å²) >= 11 is 0. The summed E-state index contributed by atoms with van der Waals surface area (Å²) < 4.78 is 12.1. The number of hydrogen-bond acceptors (Lipinski definition) is 2. The Morgan fingerprint density at radius 3 is 2.20 bits per heavy atom. The van der Waals surface area contributed by atoms with Crippen LogP contribution in [-0.4, -0.2) is 18.3 Å². The molecule has 2 aliphatic rings. The Balaban J connectivity index is 1.76. The van der Waals surface area contributed by atoms with E-state index in [1.165, 1.54) is 16.7 Å². The monoisotopic (exact) mass is 270 g/mol. The molecule has 1 fully saturated rings. The summed E-state index contributed by atoms with van der Waals surface area (Å²) in [7, 11) is -0.208. The van der Waals surface area contributed by atoms with Crippen LogP contribution in [0.15, 0.2) is 35.8 Å². The molecule has 1 aliphatic carbocycles. The molecule has 0 unspecified atom stereocenters. The lowest BCUT2D eigenvalue weighted by atomic mass is 9.80. The van der Waals surface area contributed by atoms with E-state index in [0.717, 1.165) is 19.3 Å². The minimum absolute atomic E-state index is 0.208. The summed E-state index contributed by atoms with van der Waals surface area (Å²) in [6.45, 7) is 8.40. The minimum Gasteiger partial charge on any atom is -0.400 e. The van der Waals surface area contributed by atoms with Crippen molar-refractivity contribution < 1.29 is 9.31 Å². The van der Waals surface area contributed by atoms with Crippen molar-refractivity contribution in [3.8, 4) is 0 Å². The van der Waals surface area contributed by atoms with E-state index in [2.05, 4.69) is 57.9 Å². The SMILES string of the molecule is CC1(C)OB(C=C2CCc3ccccc3C2)OC1(C)C. The first-order chi connectivity index (χ1) is 9.37. The molecule has 1 heterocycles. The number of aryl methyl sites for hydroxylation is 1. The molecule has 3 rings (SSSR count). The molecule has 0 spiro atoms. The molecule has 0 aromatic heterocycles. The molecular weight excluding hydrogens is 247 g/mol. The van der Waals surface area contributed by atoms with Crippen LogP contribution in [0.2, 0.25) is 0 Å². The van der Waals surface area contributed by atoms with E-state index in [-0.39, 0.29) is 18.3 Å². The Bertz CT molecular complexity index is 530. The molecule has 1 aromatic rings. The Hall–Kier alpha value is -1.06. The van der Waals surface area contributed by atoms with Gasteiger partial charge in [0.1, 0.15) is 0 Å². The molecule has 20 heavy (non-hydrogen) atoms. The Kier molecular flexibility index (Phi) is 3.30. The second-order valence-electron chi connectivity index (χ2n) is 6.90. The van der Waals surface area contributed by atoms with Crippen molar-refractivity contribution in [2.75, 3.05) is 0 Å². The second-order valence-corrected chi connectivity index (χ2v) is 6.90. The highest BCUT2D eigenvalue weighted by Gasteiger charge is 2.50. The van der Waals surface area contributed by atoms with Gasteiger partial charge in [0.15, 0.2) is 0 Å². The molecule has 106 valence electrons. The predicted molar refractivity (Wildman–Crippen MR) is 82.6 cm³/mol. The van der Waals surface area contributed by atoms with Crippen LogP contribution in [0.25, 0.3) is 0 Å². The Labute approximate surface area is 122 Å². The van der Waals surface area contributed by atoms with Gasteiger partial charge in [0.2, 0.25) is 0 Å². The molecule has 0 N–H and O–H groups in total. The number of rotatable bonds is 1. The van der Waals surface area contributed by atoms with E-state index < -0.39 is 0 Å². The molecule has 2 nitrogen and oxygen atoms in total. The second kappa shape index (κ2) is 4.75. The van der Waals surface area contributed by atoms with Gasteiger partial charge in [-0.2, -0.15) is 0 Å². The first kappa shape index (κ1) is 13.9. The highest BCUT2D eigenvalue weighted by atomic mass is 16.7. The van der Waals surface area contributed by atoms with E-state index in [4.69, 9.17) is 9.31 Å². The summed E-state index contributed by atoms with van der Waals surface area (Å²) in [6.07, 6.45) is 3.27. The maximum Gasteiger partial charge on any atom is 0.487 e. The van der Waals surface area contributed by atoms with Crippen LogP contribution in [-0.2, 0) is 22.2 Å². The van der Waals surface area contributed by atoms with Crippen LogP contribution in [0.4, 0.5) is 0 Å². The smallest absolute Gasteiger partial charge is 0.400 e. The molecule has 0 radical (unpaired) electrons. The summed E-state index contributed by atoms with van der Waals surface area (Å²) in [5.41, 5.74) is 3.87. The highest BCUT2D eigenvalue weighted by molar-refractivity contribution is 6.51. The fraction of sp³-hybridized carbons (Fsp3) is 0.529. The van der Waals surface area contributed by atoms with E-state index in [1.54, 1.807) is 0 Å². The fourth-order valence-electron chi connectivity index (χ4n) is 2.89. The number of hydrogen-bond donors (Lipinski definition) is 0. The average molecular weight is 270 g/mol. The molecule has 3 heteroatoms. The molecule has 1 aliphatic heterocycles. The lowest BCUT2D eigenvalue weighted by Crippen LogP contribution is -2.41. The molecule has 0 bridgehead atoms. The largest absolute Gasteiger partial charge is 0.487 e. The third-order valence-corrected chi connectivity index (χ3v) is 4.89. The van der Waals surface area contributed by atoms with Gasteiger partial charge in [-0.25, -0.2) is 0 Å². The fourth-order valence-corrected chi connectivity index (χ4v) is 2.89. The molecule has 1 aromatic carbocycles. The normalized spacial score (nSPS) is 25.8. The van der Waals surface area contributed by atoms with Gasteiger partial charge in [0.05, 0.1) is 11.2 Å². The summed E-state index contributed by atoms with van der Waals surface area (Å²) in [6, 6.07) is 8.71. The van der Waals surface area contributed by atoms with Crippen molar-refractivity contribution in [2.45, 2.75) is 58.2 Å². The topological polar surface area (TPSA) is 18.5 Å². The third kappa shape index (κ3) is 2.45. The number of fused-ring (bicyclic) bond motifs is 1. The summed E-state index contributed by atoms with van der Waals surface area (Å²) in [5, 5.41) is 0. The summed E-state index contributed by atoms with van der Waals surface area (Å²) in [4.78, 5) is 0. The van der Waals surface area contributed by atoms with Gasteiger partial charge >= 0.3 is 7.12 Å². The predicted octanol–water partition coefficient (Wildman–Crippen LogP) is 3.73. The zero-order valence-electron chi connectivity index (χ0n) is 12.9. The minimum atomic E-state index is -0.249. The molecule has 0 saturated carbocycles.